The summed E-state index contributed by atoms with van der Waals surface area (Å²) in [5, 5.41) is 12.7. The number of nitrogens with one attached hydrogen (secondary N) is 3. The molecule has 1 aromatic carbocycles. The van der Waals surface area contributed by atoms with Crippen LogP contribution in [0, 0.1) is 13.8 Å². The summed E-state index contributed by atoms with van der Waals surface area (Å²) in [6.07, 6.45) is 1.67. The summed E-state index contributed by atoms with van der Waals surface area (Å²) < 4.78 is 0. The monoisotopic (exact) mass is 323 g/mol. The number of hydrogen-bond donors (Lipinski definition) is 3. The molecule has 0 saturated heterocycles. The summed E-state index contributed by atoms with van der Waals surface area (Å²) in [6.45, 7) is 3.73. The smallest absolute Gasteiger partial charge is 0.319 e. The van der Waals surface area contributed by atoms with Crippen LogP contribution in [-0.2, 0) is 6.54 Å². The zero-order valence-corrected chi connectivity index (χ0v) is 13.4. The normalized spacial score (nSPS) is 10.6. The van der Waals surface area contributed by atoms with Gasteiger partial charge in [0.15, 0.2) is 0 Å². The van der Waals surface area contributed by atoms with Gasteiger partial charge in [-0.25, -0.2) is 9.89 Å². The van der Waals surface area contributed by atoms with E-state index >= 15 is 0 Å². The molecule has 0 bridgehead atoms. The largest absolute Gasteiger partial charge is 0.334 e. The Hall–Kier alpha value is -3.22. The summed E-state index contributed by atoms with van der Waals surface area (Å²) in [5.41, 5.74) is 3.01. The van der Waals surface area contributed by atoms with Gasteiger partial charge in [0.2, 0.25) is 0 Å². The number of amides is 2. The lowest BCUT2D eigenvalue weighted by molar-refractivity contribution is 0.251. The van der Waals surface area contributed by atoms with E-state index in [-0.39, 0.29) is 12.1 Å². The van der Waals surface area contributed by atoms with Crippen LogP contribution in [0.3, 0.4) is 0 Å². The Bertz CT molecular complexity index is 959. The molecule has 2 aromatic heterocycles. The Morgan fingerprint density at radius 2 is 2.00 bits per heavy atom. The Kier molecular flexibility index (Phi) is 4.24. The molecule has 0 radical (unpaired) electrons. The van der Waals surface area contributed by atoms with Crippen LogP contribution in [0.25, 0.3) is 10.9 Å². The minimum Gasteiger partial charge on any atom is -0.334 e. The van der Waals surface area contributed by atoms with Crippen LogP contribution in [0.15, 0.2) is 41.3 Å². The molecule has 2 heterocycles. The van der Waals surface area contributed by atoms with Gasteiger partial charge in [0.05, 0.1) is 23.4 Å². The van der Waals surface area contributed by atoms with E-state index < -0.39 is 6.03 Å². The number of hydrogen-bond acceptors (Lipinski definition) is 4. The van der Waals surface area contributed by atoms with E-state index in [1.165, 1.54) is 0 Å². The average Bonchev–Trinajstić information content (AvgIpc) is 2.59. The number of aromatic nitrogens is 3. The number of fused-ring (bicyclic) bond motifs is 1. The van der Waals surface area contributed by atoms with Crippen LogP contribution >= 0.6 is 0 Å². The summed E-state index contributed by atoms with van der Waals surface area (Å²) in [7, 11) is 0. The molecule has 0 aliphatic heterocycles. The van der Waals surface area contributed by atoms with Gasteiger partial charge < -0.3 is 10.6 Å². The van der Waals surface area contributed by atoms with Gasteiger partial charge in [-0.05, 0) is 31.5 Å². The zero-order chi connectivity index (χ0) is 17.1. The van der Waals surface area contributed by atoms with Crippen molar-refractivity contribution in [2.24, 2.45) is 0 Å². The van der Waals surface area contributed by atoms with Crippen LogP contribution in [0.4, 0.5) is 10.5 Å². The molecule has 24 heavy (non-hydrogen) atoms. The molecule has 0 spiro atoms. The molecule has 2 amide bonds. The average molecular weight is 323 g/mol. The first kappa shape index (κ1) is 15.7. The van der Waals surface area contributed by atoms with E-state index in [4.69, 9.17) is 0 Å². The predicted molar refractivity (Wildman–Crippen MR) is 91.9 cm³/mol. The number of aryl methyl sites for hydroxylation is 1. The highest BCUT2D eigenvalue weighted by Crippen LogP contribution is 2.20. The minimum atomic E-state index is -0.401. The molecule has 7 heteroatoms. The van der Waals surface area contributed by atoms with Gasteiger partial charge in [-0.1, -0.05) is 18.2 Å². The topological polar surface area (TPSA) is 99.8 Å². The number of urea groups is 1. The van der Waals surface area contributed by atoms with Gasteiger partial charge in [-0.2, -0.15) is 5.10 Å². The van der Waals surface area contributed by atoms with Crippen molar-refractivity contribution in [3.05, 3.63) is 63.7 Å². The molecule has 0 saturated carbocycles. The second-order valence-electron chi connectivity index (χ2n) is 5.43. The third-order valence-corrected chi connectivity index (χ3v) is 3.90. The summed E-state index contributed by atoms with van der Waals surface area (Å²) >= 11 is 0. The molecule has 0 fully saturated rings. The second-order valence-corrected chi connectivity index (χ2v) is 5.43. The van der Waals surface area contributed by atoms with Crippen molar-refractivity contribution in [2.45, 2.75) is 20.4 Å². The highest BCUT2D eigenvalue weighted by Gasteiger charge is 2.10. The Labute approximate surface area is 138 Å². The van der Waals surface area contributed by atoms with Crippen LogP contribution < -0.4 is 16.2 Å². The first-order valence-corrected chi connectivity index (χ1v) is 7.49. The predicted octanol–water partition coefficient (Wildman–Crippen LogP) is 2.26. The number of para-hydroxylation sites is 1. The lowest BCUT2D eigenvalue weighted by Gasteiger charge is -2.11. The Morgan fingerprint density at radius 1 is 1.21 bits per heavy atom. The van der Waals surface area contributed by atoms with Gasteiger partial charge in [0.1, 0.15) is 0 Å². The van der Waals surface area contributed by atoms with Crippen molar-refractivity contribution in [1.29, 1.82) is 0 Å². The number of anilines is 1. The number of pyridine rings is 1. The molecule has 122 valence electrons. The number of aromatic amines is 1. The third-order valence-electron chi connectivity index (χ3n) is 3.90. The second kappa shape index (κ2) is 6.49. The molecule has 7 nitrogen and oxygen atoms in total. The SMILES string of the molecule is Cc1n[nH]c(=O)c(CNC(=O)Nc2cccc3cccnc23)c1C. The van der Waals surface area contributed by atoms with E-state index in [9.17, 15) is 9.59 Å². The summed E-state index contributed by atoms with van der Waals surface area (Å²) in [6, 6.07) is 8.92. The fourth-order valence-corrected chi connectivity index (χ4v) is 2.43. The maximum Gasteiger partial charge on any atom is 0.319 e. The standard InChI is InChI=1S/C17H17N5O2/c1-10-11(2)21-22-16(23)13(10)9-19-17(24)20-14-7-3-5-12-6-4-8-18-15(12)14/h3-8H,9H2,1-2H3,(H,22,23)(H2,19,20,24). The van der Waals surface area contributed by atoms with Gasteiger partial charge >= 0.3 is 6.03 Å². The summed E-state index contributed by atoms with van der Waals surface area (Å²) in [4.78, 5) is 28.3. The maximum atomic E-state index is 12.2. The zero-order valence-electron chi connectivity index (χ0n) is 13.4. The van der Waals surface area contributed by atoms with Crippen molar-refractivity contribution in [3.8, 4) is 0 Å². The fraction of sp³-hybridized carbons (Fsp3) is 0.176. The van der Waals surface area contributed by atoms with Crippen LogP contribution in [0.1, 0.15) is 16.8 Å². The number of carbonyl (C=O) groups is 1. The molecule has 0 aliphatic carbocycles. The van der Waals surface area contributed by atoms with Crippen molar-refractivity contribution in [2.75, 3.05) is 5.32 Å². The molecule has 3 N–H and O–H groups in total. The van der Waals surface area contributed by atoms with E-state index in [1.54, 1.807) is 26.1 Å². The van der Waals surface area contributed by atoms with Crippen molar-refractivity contribution in [1.82, 2.24) is 20.5 Å². The lowest BCUT2D eigenvalue weighted by atomic mass is 10.1. The van der Waals surface area contributed by atoms with Crippen LogP contribution in [-0.4, -0.2) is 21.2 Å². The highest BCUT2D eigenvalue weighted by molar-refractivity contribution is 5.99. The first-order chi connectivity index (χ1) is 11.6. The molecular formula is C17H17N5O2. The van der Waals surface area contributed by atoms with Crippen molar-refractivity contribution >= 4 is 22.6 Å². The number of nitrogens with zero attached hydrogens (tertiary/aromatic N) is 2. The van der Waals surface area contributed by atoms with Gasteiger partial charge in [-0.15, -0.1) is 0 Å². The van der Waals surface area contributed by atoms with E-state index in [2.05, 4.69) is 25.8 Å². The quantitative estimate of drug-likeness (QED) is 0.688. The molecule has 0 unspecified atom stereocenters. The molecule has 3 aromatic rings. The van der Waals surface area contributed by atoms with Gasteiger partial charge in [-0.3, -0.25) is 9.78 Å². The van der Waals surface area contributed by atoms with Crippen LogP contribution in [0.2, 0.25) is 0 Å². The molecular weight excluding hydrogens is 306 g/mol. The number of benzene rings is 1. The Morgan fingerprint density at radius 3 is 2.83 bits per heavy atom. The third kappa shape index (κ3) is 3.10. The van der Waals surface area contributed by atoms with E-state index in [0.29, 0.717) is 16.8 Å². The Balaban J connectivity index is 1.75. The number of carbonyl (C=O) groups excluding carboxylic acids is 1. The summed E-state index contributed by atoms with van der Waals surface area (Å²) in [5.74, 6) is 0. The molecule has 0 aliphatic rings. The fourth-order valence-electron chi connectivity index (χ4n) is 2.43. The molecule has 3 rings (SSSR count). The van der Waals surface area contributed by atoms with E-state index in [0.717, 1.165) is 16.6 Å². The first-order valence-electron chi connectivity index (χ1n) is 7.49. The number of rotatable bonds is 3. The van der Waals surface area contributed by atoms with Crippen molar-refractivity contribution in [3.63, 3.8) is 0 Å². The molecule has 0 atom stereocenters. The van der Waals surface area contributed by atoms with E-state index in [1.807, 2.05) is 24.3 Å². The van der Waals surface area contributed by atoms with Crippen molar-refractivity contribution < 1.29 is 4.79 Å². The van der Waals surface area contributed by atoms with Gasteiger partial charge in [0.25, 0.3) is 5.56 Å². The highest BCUT2D eigenvalue weighted by atomic mass is 16.2. The maximum absolute atomic E-state index is 12.2. The van der Waals surface area contributed by atoms with Gasteiger partial charge in [0, 0.05) is 17.1 Å². The lowest BCUT2D eigenvalue weighted by Crippen LogP contribution is -2.31. The number of H-pyrrole nitrogens is 1. The van der Waals surface area contributed by atoms with Crippen LogP contribution in [0.5, 0.6) is 0 Å². The minimum absolute atomic E-state index is 0.120.